The van der Waals surface area contributed by atoms with Crippen LogP contribution in [0.2, 0.25) is 0 Å². The first-order valence-corrected chi connectivity index (χ1v) is 27.3. The topological polar surface area (TPSA) is 355 Å². The van der Waals surface area contributed by atoms with Gasteiger partial charge in [-0.1, -0.05) is 39.3 Å². The Bertz CT molecular complexity index is 1950. The monoisotopic (exact) mass is 1080 g/mol. The van der Waals surface area contributed by atoms with E-state index in [1.807, 2.05) is 6.92 Å². The van der Waals surface area contributed by atoms with E-state index >= 15 is 0 Å². The standard InChI is InChI=1S/C52H86O23/c1-20(19-67-48-44(40(62)36(58)30(17-53)71-48)73-46-42(64)38(60)34(56)22(3)68-46)10-13-52(66-7)21(2)33-29(75-52)16-28-26-9-8-24-14-25(15-32(55)51(24,6)27(26)11-12-50(28,33)5)70-49-45(41(63)37(59)31(18-54)72-49)74-47-43(65)39(61)35(57)23(4)69-47/h8,20-23,25-49,53-65H,9-19H2,1-7H3/t20-,21+,22+,23+,25-,26-,27+,28+,29+,30-,31-,32-,33+,34+,35+,36-,37-,38-,39-,40+,41+,42-,43-,44-,45-,46+,47+,48-,49-,50+,51+,52-/m1/s1. The van der Waals surface area contributed by atoms with Crippen LogP contribution in [0.1, 0.15) is 92.9 Å². The van der Waals surface area contributed by atoms with Gasteiger partial charge in [-0.05, 0) is 87.4 Å². The van der Waals surface area contributed by atoms with E-state index in [0.29, 0.717) is 25.2 Å². The first-order chi connectivity index (χ1) is 35.4. The Morgan fingerprint density at radius 1 is 0.653 bits per heavy atom. The van der Waals surface area contributed by atoms with E-state index in [-0.39, 0.29) is 54.1 Å². The van der Waals surface area contributed by atoms with Crippen molar-refractivity contribution in [3.05, 3.63) is 11.6 Å². The normalized spacial score (nSPS) is 55.3. The molecule has 0 aromatic carbocycles. The van der Waals surface area contributed by atoms with Gasteiger partial charge in [-0.25, -0.2) is 0 Å². The van der Waals surface area contributed by atoms with Gasteiger partial charge in [0.15, 0.2) is 30.9 Å². The van der Waals surface area contributed by atoms with Crippen LogP contribution in [0.3, 0.4) is 0 Å². The Morgan fingerprint density at radius 3 is 1.77 bits per heavy atom. The van der Waals surface area contributed by atoms with Gasteiger partial charge in [0.1, 0.15) is 85.5 Å². The molecule has 0 bridgehead atoms. The molecule has 75 heavy (non-hydrogen) atoms. The molecule has 0 spiro atoms. The predicted octanol–water partition coefficient (Wildman–Crippen LogP) is -2.35. The molecule has 9 rings (SSSR count). The predicted molar refractivity (Wildman–Crippen MR) is 255 cm³/mol. The minimum Gasteiger partial charge on any atom is -0.394 e. The molecule has 0 radical (unpaired) electrons. The minimum absolute atomic E-state index is 0.0167. The molecular weight excluding hydrogens is 993 g/mol. The third kappa shape index (κ3) is 10.2. The van der Waals surface area contributed by atoms with E-state index in [0.717, 1.165) is 31.3 Å². The fraction of sp³-hybridized carbons (Fsp3) is 0.962. The van der Waals surface area contributed by atoms with Crippen LogP contribution in [0.15, 0.2) is 11.6 Å². The average Bonchev–Trinajstić information content (AvgIpc) is 3.92. The zero-order valence-corrected chi connectivity index (χ0v) is 44.0. The molecule has 0 amide bonds. The first-order valence-electron chi connectivity index (χ1n) is 27.3. The van der Waals surface area contributed by atoms with Crippen LogP contribution in [0.5, 0.6) is 0 Å². The van der Waals surface area contributed by atoms with Crippen molar-refractivity contribution in [2.45, 2.75) is 240 Å². The summed E-state index contributed by atoms with van der Waals surface area (Å²) in [6, 6.07) is 0. The summed E-state index contributed by atoms with van der Waals surface area (Å²) in [4.78, 5) is 0. The molecule has 3 saturated carbocycles. The van der Waals surface area contributed by atoms with Gasteiger partial charge in [0.25, 0.3) is 0 Å². The van der Waals surface area contributed by atoms with E-state index in [2.05, 4.69) is 26.8 Å². The Labute approximate surface area is 437 Å². The molecule has 432 valence electrons. The molecule has 8 fully saturated rings. The molecule has 5 heterocycles. The Balaban J connectivity index is 0.829. The van der Waals surface area contributed by atoms with Crippen molar-refractivity contribution in [3.8, 4) is 0 Å². The second-order valence-corrected chi connectivity index (χ2v) is 24.1. The molecule has 0 aromatic heterocycles. The van der Waals surface area contributed by atoms with Gasteiger partial charge in [0.05, 0.1) is 50.3 Å². The van der Waals surface area contributed by atoms with Crippen molar-refractivity contribution in [1.82, 2.24) is 0 Å². The summed E-state index contributed by atoms with van der Waals surface area (Å²) >= 11 is 0. The number of aliphatic hydroxyl groups is 13. The second kappa shape index (κ2) is 22.6. The van der Waals surface area contributed by atoms with Crippen LogP contribution in [0, 0.1) is 46.3 Å². The third-order valence-corrected chi connectivity index (χ3v) is 19.9. The molecule has 5 saturated heterocycles. The summed E-state index contributed by atoms with van der Waals surface area (Å²) < 4.78 is 61.0. The Hall–Kier alpha value is -1.18. The number of hydrogen-bond acceptors (Lipinski definition) is 23. The van der Waals surface area contributed by atoms with Crippen LogP contribution < -0.4 is 0 Å². The van der Waals surface area contributed by atoms with E-state index < -0.39 is 159 Å². The Kier molecular flexibility index (Phi) is 17.6. The summed E-state index contributed by atoms with van der Waals surface area (Å²) in [6.07, 6.45) is -22.7. The lowest BCUT2D eigenvalue weighted by molar-refractivity contribution is -0.370. The fourth-order valence-corrected chi connectivity index (χ4v) is 15.3. The second-order valence-electron chi connectivity index (χ2n) is 24.1. The highest BCUT2D eigenvalue weighted by molar-refractivity contribution is 5.28. The van der Waals surface area contributed by atoms with Crippen LogP contribution in [-0.2, 0) is 47.4 Å². The minimum atomic E-state index is -1.71. The van der Waals surface area contributed by atoms with E-state index in [1.165, 1.54) is 13.8 Å². The van der Waals surface area contributed by atoms with Crippen molar-refractivity contribution in [1.29, 1.82) is 0 Å². The average molecular weight is 1080 g/mol. The lowest BCUT2D eigenvalue weighted by atomic mass is 9.46. The fourth-order valence-electron chi connectivity index (χ4n) is 15.3. The van der Waals surface area contributed by atoms with Gasteiger partial charge >= 0.3 is 0 Å². The lowest BCUT2D eigenvalue weighted by Crippen LogP contribution is -2.64. The molecule has 32 atom stereocenters. The summed E-state index contributed by atoms with van der Waals surface area (Å²) in [5.74, 6) is -0.0446. The largest absolute Gasteiger partial charge is 0.394 e. The number of methoxy groups -OCH3 is 1. The van der Waals surface area contributed by atoms with Crippen LogP contribution in [0.25, 0.3) is 0 Å². The summed E-state index contributed by atoms with van der Waals surface area (Å²) in [6.45, 7) is 10.6. The molecule has 0 aromatic rings. The highest BCUT2D eigenvalue weighted by Gasteiger charge is 2.69. The number of ether oxygens (including phenoxy) is 10. The van der Waals surface area contributed by atoms with Crippen LogP contribution >= 0.6 is 0 Å². The molecular formula is C52H86O23. The van der Waals surface area contributed by atoms with Crippen molar-refractivity contribution >= 4 is 0 Å². The maximum Gasteiger partial charge on any atom is 0.187 e. The quantitative estimate of drug-likeness (QED) is 0.0764. The van der Waals surface area contributed by atoms with Crippen LogP contribution in [-0.4, -0.2) is 240 Å². The number of hydrogen-bond donors (Lipinski definition) is 13. The SMILES string of the molecule is CO[C@]1(CC[C@@H](C)CO[C@@H]2O[C@H](CO)[C@@H](O)[C@H](O)[C@H]2O[C@@H]2O[C@@H](C)[C@H](O)[C@@H](O)[C@H]2O)O[C@H]2C[C@H]3[C@@H]4CC=C5C[C@@H](O[C@@H]6O[C@H](CO)[C@@H](O)[C@H](O)[C@H]6O[C@@H]6O[C@@H](C)[C@H](O)[C@@H](O)[C@H]6O)C[C@@H](O)[C@]5(C)[C@H]4CC[C@]3(C)[C@H]2[C@@H]1C. The van der Waals surface area contributed by atoms with Gasteiger partial charge < -0.3 is 114 Å². The first kappa shape index (κ1) is 58.5. The number of aliphatic hydroxyl groups excluding tert-OH is 13. The molecule has 0 unspecified atom stereocenters. The van der Waals surface area contributed by atoms with Gasteiger partial charge in [-0.15, -0.1) is 0 Å². The van der Waals surface area contributed by atoms with E-state index in [4.69, 9.17) is 47.4 Å². The Morgan fingerprint density at radius 2 is 1.21 bits per heavy atom. The molecule has 13 N–H and O–H groups in total. The zero-order chi connectivity index (χ0) is 54.4. The van der Waals surface area contributed by atoms with Crippen molar-refractivity contribution < 1.29 is 114 Å². The summed E-state index contributed by atoms with van der Waals surface area (Å²) in [5, 5.41) is 139. The summed E-state index contributed by atoms with van der Waals surface area (Å²) in [7, 11) is 1.68. The van der Waals surface area contributed by atoms with E-state index in [1.54, 1.807) is 7.11 Å². The van der Waals surface area contributed by atoms with Gasteiger partial charge in [-0.3, -0.25) is 0 Å². The van der Waals surface area contributed by atoms with Crippen molar-refractivity contribution in [2.75, 3.05) is 26.9 Å². The van der Waals surface area contributed by atoms with Crippen molar-refractivity contribution in [3.63, 3.8) is 0 Å². The van der Waals surface area contributed by atoms with Gasteiger partial charge in [0, 0.05) is 31.3 Å². The molecule has 5 aliphatic heterocycles. The molecule has 23 nitrogen and oxygen atoms in total. The van der Waals surface area contributed by atoms with E-state index in [9.17, 15) is 66.4 Å². The smallest absolute Gasteiger partial charge is 0.187 e. The summed E-state index contributed by atoms with van der Waals surface area (Å²) in [5.41, 5.74) is 0.414. The molecule has 4 aliphatic carbocycles. The number of rotatable bonds is 15. The zero-order valence-electron chi connectivity index (χ0n) is 44.0. The highest BCUT2D eigenvalue weighted by atomic mass is 16.8. The van der Waals surface area contributed by atoms with Crippen molar-refractivity contribution in [2.24, 2.45) is 46.3 Å². The molecule has 9 aliphatic rings. The molecule has 23 heteroatoms. The third-order valence-electron chi connectivity index (χ3n) is 19.9. The highest BCUT2D eigenvalue weighted by Crippen LogP contribution is 2.70. The number of allylic oxidation sites excluding steroid dienone is 1. The van der Waals surface area contributed by atoms with Gasteiger partial charge in [-0.2, -0.15) is 0 Å². The lowest BCUT2D eigenvalue weighted by Gasteiger charge is -2.60. The van der Waals surface area contributed by atoms with Gasteiger partial charge in [0.2, 0.25) is 0 Å². The maximum atomic E-state index is 12.3. The van der Waals surface area contributed by atoms with Crippen LogP contribution in [0.4, 0.5) is 0 Å². The number of fused-ring (bicyclic) bond motifs is 7. The maximum absolute atomic E-state index is 12.3.